The summed E-state index contributed by atoms with van der Waals surface area (Å²) in [6, 6.07) is 0. The molecule has 4 aliphatic carbocycles. The number of allylic oxidation sites excluding steroid dienone is 1. The molecule has 0 aliphatic heterocycles. The van der Waals surface area contributed by atoms with Gasteiger partial charge in [-0.1, -0.05) is 12.5 Å². The molecule has 3 saturated carbocycles. The molecule has 0 aromatic heterocycles. The molecule has 3 fully saturated rings. The van der Waals surface area contributed by atoms with Gasteiger partial charge >= 0.3 is 0 Å². The molecule has 6 atom stereocenters. The predicted molar refractivity (Wildman–Crippen MR) is 99.1 cm³/mol. The molecule has 0 amide bonds. The van der Waals surface area contributed by atoms with E-state index in [1.807, 2.05) is 6.08 Å². The summed E-state index contributed by atoms with van der Waals surface area (Å²) in [5, 5.41) is 0. The highest BCUT2D eigenvalue weighted by atomic mass is 32.1. The smallest absolute Gasteiger partial charge is 0.155 e. The third-order valence-electron chi connectivity index (χ3n) is 8.46. The van der Waals surface area contributed by atoms with Gasteiger partial charge in [0.25, 0.3) is 0 Å². The van der Waals surface area contributed by atoms with Gasteiger partial charge < -0.3 is 0 Å². The molecule has 2 nitrogen and oxygen atoms in total. The molecule has 0 aromatic rings. The molecule has 0 aromatic carbocycles. The summed E-state index contributed by atoms with van der Waals surface area (Å²) in [4.78, 5) is 24.1. The second-order valence-corrected chi connectivity index (χ2v) is 9.47. The quantitative estimate of drug-likeness (QED) is 0.740. The summed E-state index contributed by atoms with van der Waals surface area (Å²) in [6.07, 6.45) is 10.7. The van der Waals surface area contributed by atoms with E-state index in [1.165, 1.54) is 31.3 Å². The Hall–Kier alpha value is -0.570. The molecule has 0 saturated heterocycles. The zero-order valence-electron chi connectivity index (χ0n) is 15.0. The van der Waals surface area contributed by atoms with Crippen LogP contribution < -0.4 is 0 Å². The lowest BCUT2D eigenvalue weighted by atomic mass is 9.46. The van der Waals surface area contributed by atoms with E-state index in [0.29, 0.717) is 29.8 Å². The van der Waals surface area contributed by atoms with Crippen LogP contribution in [0.3, 0.4) is 0 Å². The van der Waals surface area contributed by atoms with Gasteiger partial charge in [0.05, 0.1) is 0 Å². The lowest BCUT2D eigenvalue weighted by Gasteiger charge is -2.58. The Bertz CT molecular complexity index is 609. The maximum atomic E-state index is 12.2. The van der Waals surface area contributed by atoms with Crippen LogP contribution in [0.5, 0.6) is 0 Å². The van der Waals surface area contributed by atoms with Gasteiger partial charge in [0.1, 0.15) is 5.78 Å². The van der Waals surface area contributed by atoms with Crippen LogP contribution in [0.4, 0.5) is 0 Å². The zero-order valence-corrected chi connectivity index (χ0v) is 15.9. The van der Waals surface area contributed by atoms with Crippen LogP contribution in [0, 0.1) is 34.5 Å². The van der Waals surface area contributed by atoms with Gasteiger partial charge in [0.15, 0.2) is 5.78 Å². The maximum absolute atomic E-state index is 12.2. The van der Waals surface area contributed by atoms with E-state index in [0.717, 1.165) is 30.9 Å². The number of thiol groups is 1. The van der Waals surface area contributed by atoms with E-state index >= 15 is 0 Å². The van der Waals surface area contributed by atoms with Gasteiger partial charge in [0.2, 0.25) is 0 Å². The van der Waals surface area contributed by atoms with E-state index in [1.54, 1.807) is 6.92 Å². The number of ketones is 2. The molecule has 24 heavy (non-hydrogen) atoms. The first-order chi connectivity index (χ1) is 11.4. The number of carbonyl (C=O) groups excluding carboxylic acids is 2. The Kier molecular flexibility index (Phi) is 4.02. The van der Waals surface area contributed by atoms with Crippen LogP contribution in [0.2, 0.25) is 0 Å². The first kappa shape index (κ1) is 16.9. The summed E-state index contributed by atoms with van der Waals surface area (Å²) < 4.78 is 0. The average molecular weight is 347 g/mol. The second-order valence-electron chi connectivity index (χ2n) is 9.15. The average Bonchev–Trinajstić information content (AvgIpc) is 2.91. The molecule has 4 rings (SSSR count). The molecule has 0 radical (unpaired) electrons. The molecule has 0 unspecified atom stereocenters. The standard InChI is InChI=1S/C21H30O2S/c1-13(22)17-5-6-18-16-4-3-14-11-15(23)7-10-21(14,12-24)19(16)8-9-20(17,18)2/h11,16-19,24H,3-10,12H2,1-2H3/t16-,17+,18-,19-,20+,21+/m0/s1. The topological polar surface area (TPSA) is 34.1 Å². The van der Waals surface area contributed by atoms with Crippen molar-refractivity contribution in [2.45, 2.75) is 65.2 Å². The molecule has 0 heterocycles. The van der Waals surface area contributed by atoms with Crippen LogP contribution in [0.25, 0.3) is 0 Å². The van der Waals surface area contributed by atoms with Gasteiger partial charge in [-0.25, -0.2) is 0 Å². The first-order valence-corrected chi connectivity index (χ1v) is 10.4. The third kappa shape index (κ3) is 2.15. The molecular formula is C21H30O2S. The molecule has 0 spiro atoms. The predicted octanol–water partition coefficient (Wildman–Crippen LogP) is 4.63. The lowest BCUT2D eigenvalue weighted by molar-refractivity contribution is -0.128. The Labute approximate surface area is 151 Å². The minimum atomic E-state index is 0.162. The van der Waals surface area contributed by atoms with Crippen LogP contribution in [-0.4, -0.2) is 17.3 Å². The van der Waals surface area contributed by atoms with Crippen molar-refractivity contribution in [3.8, 4) is 0 Å². The van der Waals surface area contributed by atoms with Crippen molar-refractivity contribution < 1.29 is 9.59 Å². The monoisotopic (exact) mass is 346 g/mol. The molecule has 132 valence electrons. The first-order valence-electron chi connectivity index (χ1n) is 9.77. The van der Waals surface area contributed by atoms with Crippen LogP contribution in [0.1, 0.15) is 65.2 Å². The second kappa shape index (κ2) is 5.72. The van der Waals surface area contributed by atoms with Crippen molar-refractivity contribution in [2.24, 2.45) is 34.5 Å². The number of rotatable bonds is 2. The molecule has 0 bridgehead atoms. The Morgan fingerprint density at radius 2 is 1.96 bits per heavy atom. The highest BCUT2D eigenvalue weighted by Crippen LogP contribution is 2.66. The molecule has 3 heteroatoms. The van der Waals surface area contributed by atoms with Crippen LogP contribution in [0.15, 0.2) is 11.6 Å². The van der Waals surface area contributed by atoms with Crippen molar-refractivity contribution in [1.82, 2.24) is 0 Å². The minimum Gasteiger partial charge on any atom is -0.300 e. The summed E-state index contributed by atoms with van der Waals surface area (Å²) in [5.41, 5.74) is 1.78. The lowest BCUT2D eigenvalue weighted by Crippen LogP contribution is -2.52. The van der Waals surface area contributed by atoms with Crippen LogP contribution >= 0.6 is 12.6 Å². The third-order valence-corrected chi connectivity index (χ3v) is 9.02. The zero-order chi connectivity index (χ0) is 17.1. The van der Waals surface area contributed by atoms with Crippen molar-refractivity contribution in [3.05, 3.63) is 11.6 Å². The minimum absolute atomic E-state index is 0.162. The highest BCUT2D eigenvalue weighted by molar-refractivity contribution is 7.80. The Morgan fingerprint density at radius 1 is 1.17 bits per heavy atom. The molecule has 4 aliphatic rings. The summed E-state index contributed by atoms with van der Waals surface area (Å²) >= 11 is 4.78. The highest BCUT2D eigenvalue weighted by Gasteiger charge is 2.60. The molecular weight excluding hydrogens is 316 g/mol. The fraction of sp³-hybridized carbons (Fsp3) is 0.810. The Balaban J connectivity index is 1.69. The van der Waals surface area contributed by atoms with E-state index in [-0.39, 0.29) is 16.7 Å². The SMILES string of the molecule is CC(=O)[C@H]1CC[C@H]2[C@@H]3CCC4=CC(=O)CC[C@]4(CS)[C@H]3CC[C@]12C. The maximum Gasteiger partial charge on any atom is 0.155 e. The summed E-state index contributed by atoms with van der Waals surface area (Å²) in [6.45, 7) is 4.20. The fourth-order valence-electron chi connectivity index (χ4n) is 7.33. The fourth-order valence-corrected chi connectivity index (χ4v) is 7.92. The normalized spacial score (nSPS) is 47.5. The van der Waals surface area contributed by atoms with E-state index in [2.05, 4.69) is 6.92 Å². The number of carbonyl (C=O) groups is 2. The van der Waals surface area contributed by atoms with Crippen molar-refractivity contribution in [3.63, 3.8) is 0 Å². The van der Waals surface area contributed by atoms with Crippen molar-refractivity contribution >= 4 is 24.2 Å². The van der Waals surface area contributed by atoms with Gasteiger partial charge in [0, 0.05) is 17.8 Å². The van der Waals surface area contributed by atoms with E-state index in [4.69, 9.17) is 12.6 Å². The number of Topliss-reactive ketones (excluding diaryl/α,β-unsaturated/α-hetero) is 1. The van der Waals surface area contributed by atoms with Gasteiger partial charge in [-0.05, 0) is 86.9 Å². The Morgan fingerprint density at radius 3 is 2.67 bits per heavy atom. The van der Waals surface area contributed by atoms with Gasteiger partial charge in [-0.3, -0.25) is 9.59 Å². The van der Waals surface area contributed by atoms with Gasteiger partial charge in [-0.15, -0.1) is 0 Å². The number of hydrogen-bond donors (Lipinski definition) is 1. The number of fused-ring (bicyclic) bond motifs is 5. The van der Waals surface area contributed by atoms with Gasteiger partial charge in [-0.2, -0.15) is 12.6 Å². The molecule has 0 N–H and O–H groups in total. The van der Waals surface area contributed by atoms with E-state index in [9.17, 15) is 9.59 Å². The largest absolute Gasteiger partial charge is 0.300 e. The van der Waals surface area contributed by atoms with E-state index < -0.39 is 0 Å². The summed E-state index contributed by atoms with van der Waals surface area (Å²) in [7, 11) is 0. The van der Waals surface area contributed by atoms with Crippen molar-refractivity contribution in [2.75, 3.05) is 5.75 Å². The summed E-state index contributed by atoms with van der Waals surface area (Å²) in [5.74, 6) is 3.98. The number of hydrogen-bond acceptors (Lipinski definition) is 3. The van der Waals surface area contributed by atoms with Crippen molar-refractivity contribution in [1.29, 1.82) is 0 Å². The van der Waals surface area contributed by atoms with Crippen LogP contribution in [-0.2, 0) is 9.59 Å².